The van der Waals surface area contributed by atoms with Crippen LogP contribution < -0.4 is 5.73 Å². The first kappa shape index (κ1) is 12.9. The zero-order chi connectivity index (χ0) is 10.9. The maximum atomic E-state index is 8.78. The Kier molecular flexibility index (Phi) is 6.98. The lowest BCUT2D eigenvalue weighted by atomic mass is 10.1. The largest absolute Gasteiger partial charge is 0.396 e. The second-order valence-electron chi connectivity index (χ2n) is 4.55. The lowest BCUT2D eigenvalue weighted by Crippen LogP contribution is -2.35. The zero-order valence-corrected chi connectivity index (χ0v) is 9.83. The Morgan fingerprint density at radius 3 is 2.33 bits per heavy atom. The molecule has 0 aromatic rings. The highest BCUT2D eigenvalue weighted by Gasteiger charge is 2.21. The molecule has 0 aromatic carbocycles. The molecule has 0 spiro atoms. The van der Waals surface area contributed by atoms with Crippen molar-refractivity contribution in [2.24, 2.45) is 5.73 Å². The number of aliphatic hydroxyl groups excluding tert-OH is 1. The Balaban J connectivity index is 2.23. The van der Waals surface area contributed by atoms with E-state index in [0.717, 1.165) is 44.9 Å². The van der Waals surface area contributed by atoms with Gasteiger partial charge in [0.25, 0.3) is 0 Å². The van der Waals surface area contributed by atoms with Crippen molar-refractivity contribution < 1.29 is 5.11 Å². The fourth-order valence-corrected chi connectivity index (χ4v) is 2.47. The normalized spacial score (nSPS) is 17.8. The van der Waals surface area contributed by atoms with Crippen LogP contribution in [0.1, 0.15) is 44.9 Å². The van der Waals surface area contributed by atoms with Crippen LogP contribution in [0.4, 0.5) is 0 Å². The number of aliphatic hydroxyl groups is 1. The zero-order valence-electron chi connectivity index (χ0n) is 9.83. The first-order valence-corrected chi connectivity index (χ1v) is 6.43. The van der Waals surface area contributed by atoms with Gasteiger partial charge in [0.2, 0.25) is 0 Å². The highest BCUT2D eigenvalue weighted by atomic mass is 16.2. The molecule has 1 fully saturated rings. The monoisotopic (exact) mass is 214 g/mol. The average Bonchev–Trinajstić information content (AvgIpc) is 2.76. The number of nitrogens with two attached hydrogens (primary N) is 1. The highest BCUT2D eigenvalue weighted by molar-refractivity contribution is 4.77. The molecule has 0 bridgehead atoms. The van der Waals surface area contributed by atoms with E-state index in [1.807, 2.05) is 0 Å². The molecule has 90 valence electrons. The van der Waals surface area contributed by atoms with E-state index in [4.69, 9.17) is 10.8 Å². The molecule has 3 nitrogen and oxygen atoms in total. The van der Waals surface area contributed by atoms with Crippen molar-refractivity contribution in [3.63, 3.8) is 0 Å². The summed E-state index contributed by atoms with van der Waals surface area (Å²) in [5.41, 5.74) is 5.56. The SMILES string of the molecule is NCCCN(CCCCO)C1CCCC1. The minimum atomic E-state index is 0.329. The molecule has 0 amide bonds. The molecule has 1 aliphatic carbocycles. The van der Waals surface area contributed by atoms with Crippen LogP contribution in [0.15, 0.2) is 0 Å². The summed E-state index contributed by atoms with van der Waals surface area (Å²) < 4.78 is 0. The predicted octanol–water partition coefficient (Wildman–Crippen LogP) is 1.35. The third-order valence-corrected chi connectivity index (χ3v) is 3.34. The van der Waals surface area contributed by atoms with Crippen LogP contribution in [0.3, 0.4) is 0 Å². The lowest BCUT2D eigenvalue weighted by Gasteiger charge is -2.28. The van der Waals surface area contributed by atoms with Gasteiger partial charge in [0.15, 0.2) is 0 Å². The smallest absolute Gasteiger partial charge is 0.0431 e. The van der Waals surface area contributed by atoms with Crippen molar-refractivity contribution in [3.8, 4) is 0 Å². The summed E-state index contributed by atoms with van der Waals surface area (Å²) in [7, 11) is 0. The summed E-state index contributed by atoms with van der Waals surface area (Å²) in [6.45, 7) is 3.41. The molecule has 0 atom stereocenters. The molecule has 0 aliphatic heterocycles. The topological polar surface area (TPSA) is 49.5 Å². The van der Waals surface area contributed by atoms with E-state index in [0.29, 0.717) is 6.61 Å². The summed E-state index contributed by atoms with van der Waals surface area (Å²) in [6.07, 6.45) is 8.68. The molecule has 0 aromatic heterocycles. The van der Waals surface area contributed by atoms with E-state index in [2.05, 4.69) is 4.90 Å². The summed E-state index contributed by atoms with van der Waals surface area (Å²) in [5, 5.41) is 8.78. The first-order chi connectivity index (χ1) is 7.38. The number of hydrogen-bond acceptors (Lipinski definition) is 3. The van der Waals surface area contributed by atoms with Crippen molar-refractivity contribution in [1.29, 1.82) is 0 Å². The molecule has 3 N–H and O–H groups in total. The standard InChI is InChI=1S/C12H26N2O/c13-8-5-10-14(9-3-4-11-15)12-6-1-2-7-12/h12,15H,1-11,13H2. The van der Waals surface area contributed by atoms with Gasteiger partial charge >= 0.3 is 0 Å². The maximum absolute atomic E-state index is 8.78. The summed E-state index contributed by atoms with van der Waals surface area (Å²) in [4.78, 5) is 2.59. The van der Waals surface area contributed by atoms with Gasteiger partial charge in [-0.25, -0.2) is 0 Å². The van der Waals surface area contributed by atoms with Crippen LogP contribution in [-0.4, -0.2) is 42.3 Å². The molecule has 1 rings (SSSR count). The van der Waals surface area contributed by atoms with Gasteiger partial charge in [-0.3, -0.25) is 0 Å². The lowest BCUT2D eigenvalue weighted by molar-refractivity contribution is 0.185. The third kappa shape index (κ3) is 4.96. The molecule has 15 heavy (non-hydrogen) atoms. The van der Waals surface area contributed by atoms with Crippen LogP contribution in [0.2, 0.25) is 0 Å². The number of hydrogen-bond donors (Lipinski definition) is 2. The number of nitrogens with zero attached hydrogens (tertiary/aromatic N) is 1. The Morgan fingerprint density at radius 1 is 1.07 bits per heavy atom. The molecule has 1 saturated carbocycles. The molecular weight excluding hydrogens is 188 g/mol. The number of rotatable bonds is 8. The minimum absolute atomic E-state index is 0.329. The van der Waals surface area contributed by atoms with Crippen molar-refractivity contribution in [1.82, 2.24) is 4.90 Å². The van der Waals surface area contributed by atoms with Gasteiger partial charge in [0.05, 0.1) is 0 Å². The van der Waals surface area contributed by atoms with Crippen LogP contribution in [0, 0.1) is 0 Å². The van der Waals surface area contributed by atoms with Crippen molar-refractivity contribution in [3.05, 3.63) is 0 Å². The van der Waals surface area contributed by atoms with Crippen molar-refractivity contribution >= 4 is 0 Å². The van der Waals surface area contributed by atoms with E-state index in [9.17, 15) is 0 Å². The molecule has 3 heteroatoms. The fraction of sp³-hybridized carbons (Fsp3) is 1.00. The highest BCUT2D eigenvalue weighted by Crippen LogP contribution is 2.23. The van der Waals surface area contributed by atoms with Crippen LogP contribution >= 0.6 is 0 Å². The Morgan fingerprint density at radius 2 is 1.73 bits per heavy atom. The second-order valence-corrected chi connectivity index (χ2v) is 4.55. The average molecular weight is 214 g/mol. The first-order valence-electron chi connectivity index (χ1n) is 6.43. The van der Waals surface area contributed by atoms with E-state index < -0.39 is 0 Å². The summed E-state index contributed by atoms with van der Waals surface area (Å²) in [5.74, 6) is 0. The van der Waals surface area contributed by atoms with Gasteiger partial charge in [-0.1, -0.05) is 12.8 Å². The molecule has 0 saturated heterocycles. The van der Waals surface area contributed by atoms with Gasteiger partial charge in [0.1, 0.15) is 0 Å². The van der Waals surface area contributed by atoms with Gasteiger partial charge in [-0.2, -0.15) is 0 Å². The Labute approximate surface area is 93.6 Å². The van der Waals surface area contributed by atoms with Crippen LogP contribution in [-0.2, 0) is 0 Å². The maximum Gasteiger partial charge on any atom is 0.0431 e. The van der Waals surface area contributed by atoms with Crippen molar-refractivity contribution in [2.75, 3.05) is 26.2 Å². The molecule has 0 radical (unpaired) electrons. The minimum Gasteiger partial charge on any atom is -0.396 e. The van der Waals surface area contributed by atoms with E-state index >= 15 is 0 Å². The molecule has 0 unspecified atom stereocenters. The predicted molar refractivity (Wildman–Crippen MR) is 63.8 cm³/mol. The van der Waals surface area contributed by atoms with Gasteiger partial charge in [-0.15, -0.1) is 0 Å². The van der Waals surface area contributed by atoms with Gasteiger partial charge in [0, 0.05) is 12.6 Å². The number of unbranched alkanes of at least 4 members (excludes halogenated alkanes) is 1. The van der Waals surface area contributed by atoms with Crippen LogP contribution in [0.25, 0.3) is 0 Å². The van der Waals surface area contributed by atoms with Gasteiger partial charge < -0.3 is 15.7 Å². The molecule has 1 aliphatic rings. The van der Waals surface area contributed by atoms with E-state index in [1.165, 1.54) is 25.7 Å². The summed E-state index contributed by atoms with van der Waals surface area (Å²) in [6, 6.07) is 0.801. The fourth-order valence-electron chi connectivity index (χ4n) is 2.47. The molecular formula is C12H26N2O. The van der Waals surface area contributed by atoms with Gasteiger partial charge in [-0.05, 0) is 51.7 Å². The van der Waals surface area contributed by atoms with E-state index in [1.54, 1.807) is 0 Å². The summed E-state index contributed by atoms with van der Waals surface area (Å²) >= 11 is 0. The third-order valence-electron chi connectivity index (χ3n) is 3.34. The van der Waals surface area contributed by atoms with Crippen molar-refractivity contribution in [2.45, 2.75) is 51.0 Å². The van der Waals surface area contributed by atoms with E-state index in [-0.39, 0.29) is 0 Å². The Hall–Kier alpha value is -0.120. The molecule has 0 heterocycles. The van der Waals surface area contributed by atoms with Crippen LogP contribution in [0.5, 0.6) is 0 Å². The Bertz CT molecular complexity index is 147. The second kappa shape index (κ2) is 8.08. The quantitative estimate of drug-likeness (QED) is 0.600.